The molecule has 8 heteroatoms. The first kappa shape index (κ1) is 19.7. The topological polar surface area (TPSA) is 88.4 Å². The number of carbonyl (C=O) groups excluding carboxylic acids is 1. The summed E-state index contributed by atoms with van der Waals surface area (Å²) in [4.78, 5) is 13.0. The number of carbonyl (C=O) groups is 1. The monoisotopic (exact) mass is 430 g/mol. The third-order valence-electron chi connectivity index (χ3n) is 5.00. The highest BCUT2D eigenvalue weighted by atomic mass is 35.5. The number of anilines is 1. The van der Waals surface area contributed by atoms with Gasteiger partial charge in [-0.25, -0.2) is 13.1 Å². The summed E-state index contributed by atoms with van der Waals surface area (Å²) in [5.74, 6) is 0.356. The first-order valence-electron chi connectivity index (χ1n) is 9.09. The molecule has 1 aliphatic carbocycles. The van der Waals surface area contributed by atoms with Gasteiger partial charge in [0.1, 0.15) is 5.76 Å². The smallest absolute Gasteiger partial charge is 0.241 e. The minimum absolute atomic E-state index is 0.0472. The second-order valence-corrected chi connectivity index (χ2v) is 9.18. The normalized spacial score (nSPS) is 15.1. The number of hydrogen-bond acceptors (Lipinski definition) is 4. The lowest BCUT2D eigenvalue weighted by Crippen LogP contribution is -2.28. The molecule has 1 fully saturated rings. The molecule has 0 aliphatic heterocycles. The van der Waals surface area contributed by atoms with Crippen LogP contribution in [0.1, 0.15) is 24.2 Å². The van der Waals surface area contributed by atoms with Crippen molar-refractivity contribution in [3.8, 4) is 0 Å². The molecule has 1 saturated carbocycles. The summed E-state index contributed by atoms with van der Waals surface area (Å²) < 4.78 is 32.7. The molecule has 0 saturated heterocycles. The number of benzene rings is 2. The number of furan rings is 1. The Morgan fingerprint density at radius 3 is 2.48 bits per heavy atom. The van der Waals surface area contributed by atoms with Crippen LogP contribution < -0.4 is 10.0 Å². The first-order valence-corrected chi connectivity index (χ1v) is 10.9. The SMILES string of the molecule is O=C(Nc1cccc(S(=O)(=O)NCc2ccco2)c1)C1(c2ccc(Cl)cc2)CC1. The zero-order valence-electron chi connectivity index (χ0n) is 15.4. The summed E-state index contributed by atoms with van der Waals surface area (Å²) in [6.45, 7) is 0.0472. The van der Waals surface area contributed by atoms with Gasteiger partial charge in [-0.15, -0.1) is 0 Å². The van der Waals surface area contributed by atoms with Crippen molar-refractivity contribution in [2.45, 2.75) is 29.7 Å². The van der Waals surface area contributed by atoms with E-state index in [0.29, 0.717) is 16.5 Å². The van der Waals surface area contributed by atoms with E-state index >= 15 is 0 Å². The van der Waals surface area contributed by atoms with Crippen LogP contribution in [-0.4, -0.2) is 14.3 Å². The molecule has 0 atom stereocenters. The molecule has 0 unspecified atom stereocenters. The lowest BCUT2D eigenvalue weighted by Gasteiger charge is -2.16. The Morgan fingerprint density at radius 2 is 1.83 bits per heavy atom. The summed E-state index contributed by atoms with van der Waals surface area (Å²) in [6.07, 6.45) is 2.96. The second-order valence-electron chi connectivity index (χ2n) is 6.97. The summed E-state index contributed by atoms with van der Waals surface area (Å²) in [5, 5.41) is 3.47. The van der Waals surface area contributed by atoms with Crippen molar-refractivity contribution in [2.24, 2.45) is 0 Å². The maximum Gasteiger partial charge on any atom is 0.241 e. The molecule has 0 bridgehead atoms. The fourth-order valence-corrected chi connectivity index (χ4v) is 4.36. The molecule has 4 rings (SSSR count). The van der Waals surface area contributed by atoms with Gasteiger partial charge in [-0.05, 0) is 60.9 Å². The minimum atomic E-state index is -3.75. The highest BCUT2D eigenvalue weighted by Gasteiger charge is 2.51. The summed E-state index contributed by atoms with van der Waals surface area (Å²) in [7, 11) is -3.75. The number of amides is 1. The van der Waals surface area contributed by atoms with E-state index in [9.17, 15) is 13.2 Å². The van der Waals surface area contributed by atoms with E-state index < -0.39 is 15.4 Å². The van der Waals surface area contributed by atoms with E-state index in [1.807, 2.05) is 12.1 Å². The van der Waals surface area contributed by atoms with Gasteiger partial charge in [0, 0.05) is 10.7 Å². The van der Waals surface area contributed by atoms with Gasteiger partial charge >= 0.3 is 0 Å². The van der Waals surface area contributed by atoms with Crippen molar-refractivity contribution in [3.63, 3.8) is 0 Å². The largest absolute Gasteiger partial charge is 0.468 e. The predicted molar refractivity (Wildman–Crippen MR) is 110 cm³/mol. The molecule has 6 nitrogen and oxygen atoms in total. The first-order chi connectivity index (χ1) is 13.9. The molecule has 2 N–H and O–H groups in total. The highest BCUT2D eigenvalue weighted by Crippen LogP contribution is 2.49. The van der Waals surface area contributed by atoms with Crippen LogP contribution in [0.25, 0.3) is 0 Å². The standard InChI is InChI=1S/C21H19ClN2O4S/c22-16-8-6-15(7-9-16)21(10-11-21)20(25)24-17-3-1-5-19(13-17)29(26,27)23-14-18-4-2-12-28-18/h1-9,12-13,23H,10-11,14H2,(H,24,25). The summed E-state index contributed by atoms with van der Waals surface area (Å²) in [6, 6.07) is 16.8. The second kappa shape index (κ2) is 7.67. The van der Waals surface area contributed by atoms with Gasteiger partial charge in [0.05, 0.1) is 23.1 Å². The molecule has 150 valence electrons. The fraction of sp³-hybridized carbons (Fsp3) is 0.190. The maximum atomic E-state index is 12.9. The summed E-state index contributed by atoms with van der Waals surface area (Å²) >= 11 is 5.94. The zero-order valence-corrected chi connectivity index (χ0v) is 17.0. The van der Waals surface area contributed by atoms with Crippen molar-refractivity contribution < 1.29 is 17.6 Å². The Hall–Kier alpha value is -2.61. The third-order valence-corrected chi connectivity index (χ3v) is 6.65. The Morgan fingerprint density at radius 1 is 1.07 bits per heavy atom. The third kappa shape index (κ3) is 4.22. The molecular formula is C21H19ClN2O4S. The van der Waals surface area contributed by atoms with E-state index in [0.717, 1.165) is 18.4 Å². The molecule has 1 aromatic heterocycles. The van der Waals surface area contributed by atoms with Gasteiger partial charge < -0.3 is 9.73 Å². The van der Waals surface area contributed by atoms with E-state index in [4.69, 9.17) is 16.0 Å². The van der Waals surface area contributed by atoms with Crippen LogP contribution in [0.4, 0.5) is 5.69 Å². The summed E-state index contributed by atoms with van der Waals surface area (Å²) in [5.41, 5.74) is 0.746. The van der Waals surface area contributed by atoms with Crippen LogP contribution in [0, 0.1) is 0 Å². The Kier molecular flexibility index (Phi) is 5.21. The van der Waals surface area contributed by atoms with Crippen molar-refractivity contribution in [1.29, 1.82) is 0 Å². The Balaban J connectivity index is 1.49. The zero-order chi connectivity index (χ0) is 20.5. The van der Waals surface area contributed by atoms with Gasteiger partial charge in [-0.3, -0.25) is 4.79 Å². The number of nitrogens with one attached hydrogen (secondary N) is 2. The Labute approximate surface area is 173 Å². The van der Waals surface area contributed by atoms with Crippen LogP contribution >= 0.6 is 11.6 Å². The fourth-order valence-electron chi connectivity index (χ4n) is 3.20. The number of halogens is 1. The van der Waals surface area contributed by atoms with Gasteiger partial charge in [0.2, 0.25) is 15.9 Å². The number of sulfonamides is 1. The quantitative estimate of drug-likeness (QED) is 0.591. The van der Waals surface area contributed by atoms with Gasteiger partial charge in [-0.1, -0.05) is 29.8 Å². The van der Waals surface area contributed by atoms with Crippen molar-refractivity contribution in [3.05, 3.63) is 83.3 Å². The van der Waals surface area contributed by atoms with Crippen LogP contribution in [0.15, 0.2) is 76.2 Å². The number of hydrogen-bond donors (Lipinski definition) is 2. The molecule has 1 amide bonds. The van der Waals surface area contributed by atoms with Crippen LogP contribution in [-0.2, 0) is 26.8 Å². The molecule has 0 spiro atoms. The molecule has 0 radical (unpaired) electrons. The van der Waals surface area contributed by atoms with Gasteiger partial charge in [-0.2, -0.15) is 0 Å². The average Bonchev–Trinajstić information content (AvgIpc) is 3.35. The van der Waals surface area contributed by atoms with Crippen LogP contribution in [0.3, 0.4) is 0 Å². The van der Waals surface area contributed by atoms with E-state index in [1.165, 1.54) is 18.4 Å². The molecule has 1 aliphatic rings. The number of rotatable bonds is 7. The molecule has 29 heavy (non-hydrogen) atoms. The predicted octanol–water partition coefficient (Wildman–Crippen LogP) is 4.08. The van der Waals surface area contributed by atoms with Gasteiger partial charge in [0.15, 0.2) is 0 Å². The maximum absolute atomic E-state index is 12.9. The molecule has 2 aromatic carbocycles. The lowest BCUT2D eigenvalue weighted by molar-refractivity contribution is -0.118. The van der Waals surface area contributed by atoms with Crippen molar-refractivity contribution >= 4 is 33.2 Å². The minimum Gasteiger partial charge on any atom is -0.468 e. The van der Waals surface area contributed by atoms with E-state index in [2.05, 4.69) is 10.0 Å². The van der Waals surface area contributed by atoms with Crippen LogP contribution in [0.2, 0.25) is 5.02 Å². The average molecular weight is 431 g/mol. The Bertz CT molecular complexity index is 1120. The molecular weight excluding hydrogens is 412 g/mol. The van der Waals surface area contributed by atoms with E-state index in [1.54, 1.807) is 36.4 Å². The molecule has 3 aromatic rings. The molecule has 1 heterocycles. The van der Waals surface area contributed by atoms with Crippen molar-refractivity contribution in [2.75, 3.05) is 5.32 Å². The highest BCUT2D eigenvalue weighted by molar-refractivity contribution is 7.89. The van der Waals surface area contributed by atoms with E-state index in [-0.39, 0.29) is 17.3 Å². The lowest BCUT2D eigenvalue weighted by atomic mass is 9.95. The van der Waals surface area contributed by atoms with Crippen molar-refractivity contribution in [1.82, 2.24) is 4.72 Å². The van der Waals surface area contributed by atoms with Gasteiger partial charge in [0.25, 0.3) is 0 Å². The van der Waals surface area contributed by atoms with Crippen LogP contribution in [0.5, 0.6) is 0 Å².